The summed E-state index contributed by atoms with van der Waals surface area (Å²) in [6, 6.07) is 3.69. The molecule has 0 saturated carbocycles. The van der Waals surface area contributed by atoms with E-state index in [1.54, 1.807) is 19.3 Å². The van der Waals surface area contributed by atoms with Gasteiger partial charge in [-0.15, -0.1) is 0 Å². The topological polar surface area (TPSA) is 63.8 Å². The Hall–Kier alpha value is -1.75. The summed E-state index contributed by atoms with van der Waals surface area (Å²) in [5.41, 5.74) is -0.204. The smallest absolute Gasteiger partial charge is 0.138 e. The Morgan fingerprint density at radius 3 is 2.84 bits per heavy atom. The molecule has 0 fully saturated rings. The van der Waals surface area contributed by atoms with Gasteiger partial charge in [0.15, 0.2) is 0 Å². The van der Waals surface area contributed by atoms with Crippen molar-refractivity contribution < 1.29 is 5.11 Å². The predicted octanol–water partition coefficient (Wildman–Crippen LogP) is 1.78. The van der Waals surface area contributed by atoms with Crippen molar-refractivity contribution in [3.63, 3.8) is 0 Å². The summed E-state index contributed by atoms with van der Waals surface area (Å²) in [7, 11) is 0. The molecular weight excluding hydrogens is 240 g/mol. The largest absolute Gasteiger partial charge is 0.385 e. The fraction of sp³-hybridized carbons (Fsp3) is 0.500. The maximum absolute atomic E-state index is 10.6. The molecule has 0 bridgehead atoms. The second kappa shape index (κ2) is 5.48. The van der Waals surface area contributed by atoms with Crippen LogP contribution in [-0.4, -0.2) is 24.9 Å². The molecule has 102 valence electrons. The van der Waals surface area contributed by atoms with Crippen LogP contribution in [0.3, 0.4) is 0 Å². The lowest BCUT2D eigenvalue weighted by atomic mass is 9.93. The van der Waals surface area contributed by atoms with Gasteiger partial charge in [0.25, 0.3) is 0 Å². The van der Waals surface area contributed by atoms with E-state index in [1.165, 1.54) is 6.33 Å². The molecule has 0 spiro atoms. The van der Waals surface area contributed by atoms with Crippen LogP contribution in [0.5, 0.6) is 0 Å². The Morgan fingerprint density at radius 1 is 1.42 bits per heavy atom. The molecule has 2 aromatic rings. The Balaban J connectivity index is 2.19. The van der Waals surface area contributed by atoms with Gasteiger partial charge in [0.05, 0.1) is 5.60 Å². The first-order valence-corrected chi connectivity index (χ1v) is 6.48. The van der Waals surface area contributed by atoms with E-state index in [0.29, 0.717) is 12.3 Å². The molecule has 2 heterocycles. The van der Waals surface area contributed by atoms with Crippen molar-refractivity contribution in [3.8, 4) is 0 Å². The molecule has 19 heavy (non-hydrogen) atoms. The fourth-order valence-electron chi connectivity index (χ4n) is 2.01. The number of hydrogen-bond acceptors (Lipinski definition) is 4. The zero-order valence-corrected chi connectivity index (χ0v) is 11.6. The number of aromatic nitrogens is 4. The van der Waals surface area contributed by atoms with Crippen molar-refractivity contribution in [3.05, 3.63) is 42.2 Å². The Labute approximate surface area is 113 Å². The van der Waals surface area contributed by atoms with Crippen LogP contribution in [0.2, 0.25) is 0 Å². The third-order valence-electron chi connectivity index (χ3n) is 3.02. The average molecular weight is 260 g/mol. The first kappa shape index (κ1) is 13.7. The van der Waals surface area contributed by atoms with E-state index in [1.807, 2.05) is 16.8 Å². The Kier molecular flexibility index (Phi) is 3.95. The van der Waals surface area contributed by atoms with Crippen LogP contribution in [0.1, 0.15) is 32.2 Å². The van der Waals surface area contributed by atoms with Gasteiger partial charge in [-0.25, -0.2) is 9.67 Å². The van der Waals surface area contributed by atoms with Gasteiger partial charge < -0.3 is 5.11 Å². The third kappa shape index (κ3) is 3.38. The molecule has 5 nitrogen and oxygen atoms in total. The van der Waals surface area contributed by atoms with Gasteiger partial charge in [-0.05, 0) is 18.9 Å². The minimum Gasteiger partial charge on any atom is -0.385 e. The summed E-state index contributed by atoms with van der Waals surface area (Å²) < 4.78 is 1.86. The zero-order chi connectivity index (χ0) is 13.9. The molecule has 0 saturated heterocycles. The molecule has 1 N–H and O–H groups in total. The quantitative estimate of drug-likeness (QED) is 0.890. The average Bonchev–Trinajstić information content (AvgIpc) is 2.76. The van der Waals surface area contributed by atoms with Crippen LogP contribution in [0.4, 0.5) is 0 Å². The lowest BCUT2D eigenvalue weighted by Crippen LogP contribution is -2.27. The number of hydrogen-bond donors (Lipinski definition) is 1. The number of rotatable bonds is 5. The van der Waals surface area contributed by atoms with Gasteiger partial charge in [-0.2, -0.15) is 5.10 Å². The van der Waals surface area contributed by atoms with Crippen molar-refractivity contribution in [2.75, 3.05) is 0 Å². The predicted molar refractivity (Wildman–Crippen MR) is 72.4 cm³/mol. The van der Waals surface area contributed by atoms with Crippen LogP contribution in [0, 0.1) is 5.92 Å². The van der Waals surface area contributed by atoms with Gasteiger partial charge in [-0.3, -0.25) is 4.98 Å². The molecule has 0 aliphatic carbocycles. The number of aliphatic hydroxyl groups is 1. The third-order valence-corrected chi connectivity index (χ3v) is 3.02. The van der Waals surface area contributed by atoms with E-state index in [9.17, 15) is 5.11 Å². The molecule has 0 aliphatic rings. The van der Waals surface area contributed by atoms with Crippen molar-refractivity contribution in [1.29, 1.82) is 0 Å². The molecule has 2 rings (SSSR count). The summed E-state index contributed by atoms with van der Waals surface area (Å²) in [5, 5.41) is 14.8. The van der Waals surface area contributed by atoms with Crippen LogP contribution in [0.25, 0.3) is 0 Å². The van der Waals surface area contributed by atoms with Gasteiger partial charge in [-0.1, -0.05) is 19.9 Å². The summed E-state index contributed by atoms with van der Waals surface area (Å²) >= 11 is 0. The van der Waals surface area contributed by atoms with Crippen LogP contribution >= 0.6 is 0 Å². The van der Waals surface area contributed by atoms with E-state index in [-0.39, 0.29) is 0 Å². The van der Waals surface area contributed by atoms with Crippen molar-refractivity contribution in [1.82, 2.24) is 19.7 Å². The Morgan fingerprint density at radius 2 is 2.21 bits per heavy atom. The van der Waals surface area contributed by atoms with Crippen molar-refractivity contribution in [2.24, 2.45) is 5.92 Å². The highest BCUT2D eigenvalue weighted by molar-refractivity contribution is 5.18. The zero-order valence-electron chi connectivity index (χ0n) is 11.6. The molecule has 0 aromatic carbocycles. The molecule has 0 radical (unpaired) electrons. The molecule has 5 heteroatoms. The van der Waals surface area contributed by atoms with Crippen molar-refractivity contribution in [2.45, 2.75) is 39.3 Å². The molecule has 1 atom stereocenters. The number of nitrogens with zero attached hydrogens (tertiary/aromatic N) is 4. The van der Waals surface area contributed by atoms with Crippen molar-refractivity contribution >= 4 is 0 Å². The van der Waals surface area contributed by atoms with Crippen LogP contribution < -0.4 is 0 Å². The summed E-state index contributed by atoms with van der Waals surface area (Å²) in [5.74, 6) is 1.28. The number of pyridine rings is 1. The molecule has 2 aromatic heterocycles. The van der Waals surface area contributed by atoms with Gasteiger partial charge in [0.1, 0.15) is 12.2 Å². The maximum atomic E-state index is 10.6. The normalized spacial score (nSPS) is 14.6. The van der Waals surface area contributed by atoms with E-state index >= 15 is 0 Å². The fourth-order valence-corrected chi connectivity index (χ4v) is 2.01. The highest BCUT2D eigenvalue weighted by Crippen LogP contribution is 2.23. The Bertz CT molecular complexity index is 519. The van der Waals surface area contributed by atoms with Gasteiger partial charge >= 0.3 is 0 Å². The van der Waals surface area contributed by atoms with Gasteiger partial charge in [0, 0.05) is 30.9 Å². The summed E-state index contributed by atoms with van der Waals surface area (Å²) in [4.78, 5) is 8.30. The second-order valence-electron chi connectivity index (χ2n) is 5.44. The van der Waals surface area contributed by atoms with E-state index in [2.05, 4.69) is 28.9 Å². The molecule has 0 amide bonds. The van der Waals surface area contributed by atoms with Crippen LogP contribution in [0.15, 0.2) is 30.9 Å². The van der Waals surface area contributed by atoms with E-state index in [4.69, 9.17) is 0 Å². The second-order valence-corrected chi connectivity index (χ2v) is 5.44. The molecule has 0 aliphatic heterocycles. The van der Waals surface area contributed by atoms with E-state index < -0.39 is 5.60 Å². The summed E-state index contributed by atoms with van der Waals surface area (Å²) in [6.07, 6.45) is 5.34. The maximum Gasteiger partial charge on any atom is 0.138 e. The summed E-state index contributed by atoms with van der Waals surface area (Å²) in [6.45, 7) is 6.84. The SMILES string of the molecule is CC(C)Cn1ncnc1CC(C)(O)c1cccnc1. The van der Waals surface area contributed by atoms with Gasteiger partial charge in [0.2, 0.25) is 0 Å². The lowest BCUT2D eigenvalue weighted by Gasteiger charge is -2.23. The van der Waals surface area contributed by atoms with Crippen LogP contribution in [-0.2, 0) is 18.6 Å². The monoisotopic (exact) mass is 260 g/mol. The minimum atomic E-state index is -0.990. The minimum absolute atomic E-state index is 0.422. The first-order chi connectivity index (χ1) is 8.99. The first-order valence-electron chi connectivity index (χ1n) is 6.48. The lowest BCUT2D eigenvalue weighted by molar-refractivity contribution is 0.0537. The van der Waals surface area contributed by atoms with E-state index in [0.717, 1.165) is 17.9 Å². The standard InChI is InChI=1S/C14H20N4O/c1-11(2)9-18-13(16-10-17-18)7-14(3,19)12-5-4-6-15-8-12/h4-6,8,10-11,19H,7,9H2,1-3H3. The molecule has 1 unspecified atom stereocenters. The highest BCUT2D eigenvalue weighted by Gasteiger charge is 2.26. The molecular formula is C14H20N4O. The highest BCUT2D eigenvalue weighted by atomic mass is 16.3.